The monoisotopic (exact) mass is 288 g/mol. The first-order valence-electron chi connectivity index (χ1n) is 5.35. The average Bonchev–Trinajstić information content (AvgIpc) is 2.29. The molecule has 0 atom stereocenters. The van der Waals surface area contributed by atoms with Gasteiger partial charge in [-0.15, -0.1) is 0 Å². The molecule has 86 valence electrons. The Morgan fingerprint density at radius 3 is 2.71 bits per heavy atom. The van der Waals surface area contributed by atoms with E-state index in [1.807, 2.05) is 36.4 Å². The van der Waals surface area contributed by atoms with E-state index in [9.17, 15) is 0 Å². The second-order valence-electron chi connectivity index (χ2n) is 3.75. The molecule has 0 aliphatic heterocycles. The van der Waals surface area contributed by atoms with Crippen LogP contribution in [0.3, 0.4) is 0 Å². The normalized spacial score (nSPS) is 10.7. The van der Waals surface area contributed by atoms with Crippen molar-refractivity contribution in [3.63, 3.8) is 0 Å². The van der Waals surface area contributed by atoms with Crippen LogP contribution in [0, 0.1) is 6.92 Å². The molecule has 0 unspecified atom stereocenters. The van der Waals surface area contributed by atoms with Gasteiger partial charge in [-0.2, -0.15) is 0 Å². The number of nitrogens with zero attached hydrogens (tertiary/aromatic N) is 1. The SMILES string of the molecule is Cc1cccc(NC=Nc2cccc(Br)c2)c1. The fourth-order valence-corrected chi connectivity index (χ4v) is 1.86. The van der Waals surface area contributed by atoms with E-state index in [4.69, 9.17) is 0 Å². The van der Waals surface area contributed by atoms with Gasteiger partial charge in [-0.3, -0.25) is 0 Å². The quantitative estimate of drug-likeness (QED) is 0.651. The molecule has 0 saturated heterocycles. The summed E-state index contributed by atoms with van der Waals surface area (Å²) in [7, 11) is 0. The maximum absolute atomic E-state index is 4.33. The van der Waals surface area contributed by atoms with Gasteiger partial charge in [0.25, 0.3) is 0 Å². The number of nitrogens with one attached hydrogen (secondary N) is 1. The van der Waals surface area contributed by atoms with Gasteiger partial charge in [-0.25, -0.2) is 4.99 Å². The molecular formula is C14H13BrN2. The Morgan fingerprint density at radius 2 is 1.94 bits per heavy atom. The number of hydrogen-bond acceptors (Lipinski definition) is 1. The van der Waals surface area contributed by atoms with Crippen LogP contribution in [0.15, 0.2) is 58.0 Å². The van der Waals surface area contributed by atoms with E-state index in [0.717, 1.165) is 15.8 Å². The number of rotatable bonds is 3. The van der Waals surface area contributed by atoms with Crippen molar-refractivity contribution in [2.24, 2.45) is 4.99 Å². The second-order valence-corrected chi connectivity index (χ2v) is 4.67. The van der Waals surface area contributed by atoms with Crippen LogP contribution >= 0.6 is 15.9 Å². The molecule has 2 nitrogen and oxygen atoms in total. The predicted octanol–water partition coefficient (Wildman–Crippen LogP) is 4.53. The summed E-state index contributed by atoms with van der Waals surface area (Å²) in [6, 6.07) is 16.0. The first-order valence-corrected chi connectivity index (χ1v) is 6.15. The Kier molecular flexibility index (Phi) is 3.94. The molecular weight excluding hydrogens is 276 g/mol. The molecule has 0 radical (unpaired) electrons. The Labute approximate surface area is 110 Å². The highest BCUT2D eigenvalue weighted by Gasteiger charge is 1.90. The topological polar surface area (TPSA) is 24.4 Å². The number of anilines is 1. The molecule has 0 bridgehead atoms. The number of halogens is 1. The van der Waals surface area contributed by atoms with Gasteiger partial charge >= 0.3 is 0 Å². The van der Waals surface area contributed by atoms with E-state index in [1.165, 1.54) is 5.56 Å². The first kappa shape index (κ1) is 11.9. The smallest absolute Gasteiger partial charge is 0.0930 e. The molecule has 17 heavy (non-hydrogen) atoms. The summed E-state index contributed by atoms with van der Waals surface area (Å²) in [5.74, 6) is 0. The molecule has 3 heteroatoms. The maximum atomic E-state index is 4.33. The van der Waals surface area contributed by atoms with Crippen LogP contribution in [0.25, 0.3) is 0 Å². The Bertz CT molecular complexity index is 535. The van der Waals surface area contributed by atoms with E-state index < -0.39 is 0 Å². The third-order valence-electron chi connectivity index (χ3n) is 2.27. The van der Waals surface area contributed by atoms with Gasteiger partial charge in [0.2, 0.25) is 0 Å². The van der Waals surface area contributed by atoms with Gasteiger partial charge in [0.05, 0.1) is 12.0 Å². The van der Waals surface area contributed by atoms with Gasteiger partial charge in [-0.05, 0) is 42.8 Å². The Hall–Kier alpha value is -1.61. The standard InChI is InChI=1S/C14H13BrN2/c1-11-4-2-6-13(8-11)16-10-17-14-7-3-5-12(15)9-14/h2-10H,1H3,(H,16,17). The van der Waals surface area contributed by atoms with Crippen LogP contribution in [-0.2, 0) is 0 Å². The fourth-order valence-electron chi connectivity index (χ4n) is 1.47. The third kappa shape index (κ3) is 3.71. The summed E-state index contributed by atoms with van der Waals surface area (Å²) in [5.41, 5.74) is 3.19. The van der Waals surface area contributed by atoms with E-state index in [2.05, 4.69) is 45.3 Å². The number of aliphatic imine (C=N–C) groups is 1. The molecule has 0 saturated carbocycles. The first-order chi connectivity index (χ1) is 8.24. The molecule has 0 spiro atoms. The second kappa shape index (κ2) is 5.64. The molecule has 2 rings (SSSR count). The molecule has 0 aliphatic carbocycles. The van der Waals surface area contributed by atoms with Crippen molar-refractivity contribution in [2.45, 2.75) is 6.92 Å². The summed E-state index contributed by atoms with van der Waals surface area (Å²) < 4.78 is 1.03. The largest absolute Gasteiger partial charge is 0.346 e. The Morgan fingerprint density at radius 1 is 1.12 bits per heavy atom. The van der Waals surface area contributed by atoms with Crippen LogP contribution in [0.4, 0.5) is 11.4 Å². The van der Waals surface area contributed by atoms with Gasteiger partial charge in [0, 0.05) is 10.2 Å². The van der Waals surface area contributed by atoms with E-state index in [1.54, 1.807) is 6.34 Å². The highest BCUT2D eigenvalue weighted by Crippen LogP contribution is 2.18. The van der Waals surface area contributed by atoms with Crippen LogP contribution in [-0.4, -0.2) is 6.34 Å². The minimum atomic E-state index is 0.916. The van der Waals surface area contributed by atoms with Crippen molar-refractivity contribution in [3.8, 4) is 0 Å². The van der Waals surface area contributed by atoms with Gasteiger partial charge < -0.3 is 5.32 Å². The minimum Gasteiger partial charge on any atom is -0.346 e. The van der Waals surface area contributed by atoms with Crippen LogP contribution in [0.1, 0.15) is 5.56 Å². The van der Waals surface area contributed by atoms with Crippen molar-refractivity contribution < 1.29 is 0 Å². The average molecular weight is 289 g/mol. The summed E-state index contributed by atoms with van der Waals surface area (Å²) in [6.45, 7) is 2.07. The van der Waals surface area contributed by atoms with Crippen molar-refractivity contribution in [1.82, 2.24) is 0 Å². The van der Waals surface area contributed by atoms with E-state index in [-0.39, 0.29) is 0 Å². The van der Waals surface area contributed by atoms with Crippen molar-refractivity contribution in [2.75, 3.05) is 5.32 Å². The molecule has 1 N–H and O–H groups in total. The zero-order chi connectivity index (χ0) is 12.1. The summed E-state index contributed by atoms with van der Waals surface area (Å²) in [6.07, 6.45) is 1.70. The van der Waals surface area contributed by atoms with Crippen LogP contribution in [0.5, 0.6) is 0 Å². The van der Waals surface area contributed by atoms with E-state index in [0.29, 0.717) is 0 Å². The lowest BCUT2D eigenvalue weighted by molar-refractivity contribution is 1.46. The van der Waals surface area contributed by atoms with Gasteiger partial charge in [-0.1, -0.05) is 34.1 Å². The molecule has 2 aromatic carbocycles. The highest BCUT2D eigenvalue weighted by molar-refractivity contribution is 9.10. The van der Waals surface area contributed by atoms with Gasteiger partial charge in [0.15, 0.2) is 0 Å². The third-order valence-corrected chi connectivity index (χ3v) is 2.76. The zero-order valence-corrected chi connectivity index (χ0v) is 11.1. The summed E-state index contributed by atoms with van der Waals surface area (Å²) in [4.78, 5) is 4.33. The van der Waals surface area contributed by atoms with E-state index >= 15 is 0 Å². The van der Waals surface area contributed by atoms with Gasteiger partial charge in [0.1, 0.15) is 0 Å². The van der Waals surface area contributed by atoms with Crippen LogP contribution in [0.2, 0.25) is 0 Å². The minimum absolute atomic E-state index is 0.916. The number of aryl methyl sites for hydroxylation is 1. The molecule has 0 aliphatic rings. The van der Waals surface area contributed by atoms with Crippen molar-refractivity contribution >= 4 is 33.6 Å². The number of hydrogen-bond donors (Lipinski definition) is 1. The van der Waals surface area contributed by atoms with Crippen molar-refractivity contribution in [1.29, 1.82) is 0 Å². The Balaban J connectivity index is 2.03. The molecule has 0 amide bonds. The lowest BCUT2D eigenvalue weighted by Gasteiger charge is -2.01. The lowest BCUT2D eigenvalue weighted by atomic mass is 10.2. The lowest BCUT2D eigenvalue weighted by Crippen LogP contribution is -1.93. The van der Waals surface area contributed by atoms with Crippen molar-refractivity contribution in [3.05, 3.63) is 58.6 Å². The fraction of sp³-hybridized carbons (Fsp3) is 0.0714. The van der Waals surface area contributed by atoms with Crippen LogP contribution < -0.4 is 5.32 Å². The molecule has 2 aromatic rings. The molecule has 0 aromatic heterocycles. The maximum Gasteiger partial charge on any atom is 0.0930 e. The highest BCUT2D eigenvalue weighted by atomic mass is 79.9. The summed E-state index contributed by atoms with van der Waals surface area (Å²) >= 11 is 3.41. The predicted molar refractivity (Wildman–Crippen MR) is 77.1 cm³/mol. The zero-order valence-electron chi connectivity index (χ0n) is 9.52. The molecule has 0 fully saturated rings. The number of benzene rings is 2. The molecule has 0 heterocycles. The summed E-state index contributed by atoms with van der Waals surface area (Å²) in [5, 5.41) is 3.15.